The van der Waals surface area contributed by atoms with E-state index in [1.807, 2.05) is 0 Å². The van der Waals surface area contributed by atoms with Crippen molar-refractivity contribution in [1.82, 2.24) is 5.32 Å². The van der Waals surface area contributed by atoms with Crippen LogP contribution in [0.5, 0.6) is 11.5 Å². The van der Waals surface area contributed by atoms with Gasteiger partial charge in [0.15, 0.2) is 11.5 Å². The van der Waals surface area contributed by atoms with Gasteiger partial charge in [-0.1, -0.05) is 6.07 Å². The standard InChI is InChI=1S/C20H19F6NO3/c1-29-16-4-3-12(9-17(16)30-2)5-6-27-18(28)10-13-7-14(19(21,22)23)11-15(8-13)20(24,25)26/h3-4,7-9,11H,5-6,10H2,1-2H3,(H,27,28). The maximum absolute atomic E-state index is 12.9. The SMILES string of the molecule is COc1ccc(CCNC(=O)Cc2cc(C(F)(F)F)cc(C(F)(F)F)c2)cc1OC. The number of nitrogens with one attached hydrogen (secondary N) is 1. The first kappa shape index (κ1) is 23.4. The Hall–Kier alpha value is -2.91. The summed E-state index contributed by atoms with van der Waals surface area (Å²) in [5.41, 5.74) is -2.48. The Bertz CT molecular complexity index is 861. The van der Waals surface area contributed by atoms with Crippen LogP contribution in [-0.2, 0) is 30.0 Å². The second kappa shape index (κ2) is 9.27. The summed E-state index contributed by atoms with van der Waals surface area (Å²) in [5.74, 6) is 0.322. The number of benzene rings is 2. The fraction of sp³-hybridized carbons (Fsp3) is 0.350. The van der Waals surface area contributed by atoms with Gasteiger partial charge in [-0.15, -0.1) is 0 Å². The van der Waals surface area contributed by atoms with E-state index in [0.717, 1.165) is 5.56 Å². The second-order valence-corrected chi connectivity index (χ2v) is 6.38. The molecule has 2 rings (SSSR count). The average molecular weight is 435 g/mol. The highest BCUT2D eigenvalue weighted by molar-refractivity contribution is 5.78. The van der Waals surface area contributed by atoms with Gasteiger partial charge < -0.3 is 14.8 Å². The lowest BCUT2D eigenvalue weighted by Gasteiger charge is -2.14. The van der Waals surface area contributed by atoms with Crippen LogP contribution in [0.1, 0.15) is 22.3 Å². The third kappa shape index (κ3) is 6.30. The molecule has 0 heterocycles. The third-order valence-corrected chi connectivity index (χ3v) is 4.20. The minimum atomic E-state index is -4.96. The highest BCUT2D eigenvalue weighted by Crippen LogP contribution is 2.36. The van der Waals surface area contributed by atoms with Crippen molar-refractivity contribution in [3.8, 4) is 11.5 Å². The normalized spacial score (nSPS) is 11.9. The van der Waals surface area contributed by atoms with Crippen molar-refractivity contribution in [3.63, 3.8) is 0 Å². The largest absolute Gasteiger partial charge is 0.493 e. The number of carbonyl (C=O) groups excluding carboxylic acids is 1. The maximum atomic E-state index is 12.9. The smallest absolute Gasteiger partial charge is 0.416 e. The summed E-state index contributed by atoms with van der Waals surface area (Å²) >= 11 is 0. The topological polar surface area (TPSA) is 47.6 Å². The second-order valence-electron chi connectivity index (χ2n) is 6.38. The molecule has 2 aromatic carbocycles. The number of alkyl halides is 6. The summed E-state index contributed by atoms with van der Waals surface area (Å²) in [7, 11) is 2.95. The van der Waals surface area contributed by atoms with Crippen LogP contribution in [0.15, 0.2) is 36.4 Å². The van der Waals surface area contributed by atoms with Gasteiger partial charge in [0.2, 0.25) is 5.91 Å². The molecule has 10 heteroatoms. The van der Waals surface area contributed by atoms with Crippen LogP contribution in [-0.4, -0.2) is 26.7 Å². The molecule has 0 aliphatic carbocycles. The molecule has 0 saturated carbocycles. The van der Waals surface area contributed by atoms with Crippen molar-refractivity contribution >= 4 is 5.91 Å². The van der Waals surface area contributed by atoms with Crippen molar-refractivity contribution in [2.24, 2.45) is 0 Å². The number of carbonyl (C=O) groups is 1. The van der Waals surface area contributed by atoms with E-state index >= 15 is 0 Å². The zero-order valence-corrected chi connectivity index (χ0v) is 16.1. The molecule has 0 unspecified atom stereocenters. The third-order valence-electron chi connectivity index (χ3n) is 4.20. The van der Waals surface area contributed by atoms with E-state index in [4.69, 9.17) is 9.47 Å². The molecule has 0 aliphatic heterocycles. The van der Waals surface area contributed by atoms with Crippen molar-refractivity contribution in [2.45, 2.75) is 25.2 Å². The van der Waals surface area contributed by atoms with Crippen molar-refractivity contribution in [3.05, 3.63) is 58.7 Å². The van der Waals surface area contributed by atoms with Crippen LogP contribution in [0.3, 0.4) is 0 Å². The van der Waals surface area contributed by atoms with E-state index < -0.39 is 35.8 Å². The molecule has 4 nitrogen and oxygen atoms in total. The Morgan fingerprint density at radius 3 is 1.90 bits per heavy atom. The predicted molar refractivity (Wildman–Crippen MR) is 96.4 cm³/mol. The Labute approximate surface area is 168 Å². The van der Waals surface area contributed by atoms with Crippen LogP contribution >= 0.6 is 0 Å². The van der Waals surface area contributed by atoms with Crippen LogP contribution in [0, 0.1) is 0 Å². The van der Waals surface area contributed by atoms with Gasteiger partial charge in [0, 0.05) is 6.54 Å². The number of halogens is 6. The van der Waals surface area contributed by atoms with Gasteiger partial charge >= 0.3 is 12.4 Å². The minimum absolute atomic E-state index is 0.0263. The first-order valence-corrected chi connectivity index (χ1v) is 8.70. The van der Waals surface area contributed by atoms with E-state index in [1.54, 1.807) is 18.2 Å². The monoisotopic (exact) mass is 435 g/mol. The number of hydrogen-bond acceptors (Lipinski definition) is 3. The summed E-state index contributed by atoms with van der Waals surface area (Å²) in [6.45, 7) is 0.138. The van der Waals surface area contributed by atoms with E-state index in [0.29, 0.717) is 30.1 Å². The Morgan fingerprint density at radius 1 is 0.833 bits per heavy atom. The first-order valence-electron chi connectivity index (χ1n) is 8.70. The van der Waals surface area contributed by atoms with E-state index in [1.165, 1.54) is 14.2 Å². The lowest BCUT2D eigenvalue weighted by molar-refractivity contribution is -0.143. The van der Waals surface area contributed by atoms with Gasteiger partial charge in [0.25, 0.3) is 0 Å². The fourth-order valence-electron chi connectivity index (χ4n) is 2.75. The summed E-state index contributed by atoms with van der Waals surface area (Å²) in [6.07, 6.45) is -10.2. The Balaban J connectivity index is 2.04. The molecule has 0 atom stereocenters. The summed E-state index contributed by atoms with van der Waals surface area (Å²) in [6, 6.07) is 6.24. The number of ether oxygens (including phenoxy) is 2. The van der Waals surface area contributed by atoms with E-state index in [2.05, 4.69) is 5.32 Å². The first-order chi connectivity index (χ1) is 13.9. The van der Waals surface area contributed by atoms with Crippen LogP contribution in [0.25, 0.3) is 0 Å². The molecular formula is C20H19F6NO3. The molecule has 30 heavy (non-hydrogen) atoms. The average Bonchev–Trinajstić information content (AvgIpc) is 2.66. The Morgan fingerprint density at radius 2 is 1.40 bits per heavy atom. The lowest BCUT2D eigenvalue weighted by Crippen LogP contribution is -2.27. The van der Waals surface area contributed by atoms with Crippen LogP contribution < -0.4 is 14.8 Å². The molecule has 0 spiro atoms. The molecule has 0 fully saturated rings. The summed E-state index contributed by atoms with van der Waals surface area (Å²) in [5, 5.41) is 2.49. The van der Waals surface area contributed by atoms with Gasteiger partial charge in [-0.2, -0.15) is 26.3 Å². The van der Waals surface area contributed by atoms with Crippen molar-refractivity contribution < 1.29 is 40.6 Å². The number of hydrogen-bond donors (Lipinski definition) is 1. The molecule has 0 saturated heterocycles. The molecule has 0 aliphatic rings. The highest BCUT2D eigenvalue weighted by atomic mass is 19.4. The van der Waals surface area contributed by atoms with Gasteiger partial charge in [-0.3, -0.25) is 4.79 Å². The van der Waals surface area contributed by atoms with Gasteiger partial charge in [0.1, 0.15) is 0 Å². The van der Waals surface area contributed by atoms with Crippen molar-refractivity contribution in [1.29, 1.82) is 0 Å². The van der Waals surface area contributed by atoms with Gasteiger partial charge in [-0.05, 0) is 47.9 Å². The predicted octanol–water partition coefficient (Wildman–Crippen LogP) is 4.64. The van der Waals surface area contributed by atoms with E-state index in [-0.39, 0.29) is 18.2 Å². The molecule has 164 valence electrons. The number of methoxy groups -OCH3 is 2. The molecule has 2 aromatic rings. The summed E-state index contributed by atoms with van der Waals surface area (Å²) < 4.78 is 87.6. The van der Waals surface area contributed by atoms with Gasteiger partial charge in [-0.25, -0.2) is 0 Å². The molecule has 1 amide bonds. The van der Waals surface area contributed by atoms with Crippen LogP contribution in [0.2, 0.25) is 0 Å². The fourth-order valence-corrected chi connectivity index (χ4v) is 2.75. The van der Waals surface area contributed by atoms with Crippen LogP contribution in [0.4, 0.5) is 26.3 Å². The number of amides is 1. The minimum Gasteiger partial charge on any atom is -0.493 e. The zero-order chi connectivity index (χ0) is 22.5. The molecule has 1 N–H and O–H groups in total. The molecule has 0 aromatic heterocycles. The zero-order valence-electron chi connectivity index (χ0n) is 16.1. The lowest BCUT2D eigenvalue weighted by atomic mass is 10.0. The van der Waals surface area contributed by atoms with E-state index in [9.17, 15) is 31.1 Å². The molecular weight excluding hydrogens is 416 g/mol. The molecule has 0 bridgehead atoms. The van der Waals surface area contributed by atoms with Gasteiger partial charge in [0.05, 0.1) is 31.8 Å². The Kier molecular flexibility index (Phi) is 7.22. The maximum Gasteiger partial charge on any atom is 0.416 e. The number of rotatable bonds is 7. The van der Waals surface area contributed by atoms with Crippen molar-refractivity contribution in [2.75, 3.05) is 20.8 Å². The summed E-state index contributed by atoms with van der Waals surface area (Å²) in [4.78, 5) is 12.0. The quantitative estimate of drug-likeness (QED) is 0.645. The highest BCUT2D eigenvalue weighted by Gasteiger charge is 2.37. The molecule has 0 radical (unpaired) electrons.